The Bertz CT molecular complexity index is 1030. The molecule has 0 saturated heterocycles. The van der Waals surface area contributed by atoms with Gasteiger partial charge in [-0.1, -0.05) is 72.8 Å². The molecule has 5 rings (SSSR count). The first kappa shape index (κ1) is 18.4. The van der Waals surface area contributed by atoms with Gasteiger partial charge in [0.25, 0.3) is 5.91 Å². The number of carbonyl (C=O) groups excluding carboxylic acids is 1. The molecule has 29 heavy (non-hydrogen) atoms. The zero-order valence-corrected chi connectivity index (χ0v) is 17.2. The lowest BCUT2D eigenvalue weighted by Crippen LogP contribution is -2.40. The first-order valence-electron chi connectivity index (χ1n) is 10.4. The van der Waals surface area contributed by atoms with Gasteiger partial charge in [-0.2, -0.15) is 5.10 Å². The average Bonchev–Trinajstić information content (AvgIpc) is 3.29. The zero-order chi connectivity index (χ0) is 20.0. The SMILES string of the molecule is Cc1ccc(C2c3c(-c4ccc(Cl)cc4)n[nH]c3C(=O)N2C2CCCCC2)cc1. The lowest BCUT2D eigenvalue weighted by molar-refractivity contribution is 0.0606. The second-order valence-electron chi connectivity index (χ2n) is 8.19. The molecule has 1 N–H and O–H groups in total. The molecule has 148 valence electrons. The zero-order valence-electron chi connectivity index (χ0n) is 16.5. The number of carbonyl (C=O) groups is 1. The van der Waals surface area contributed by atoms with Gasteiger partial charge in [-0.15, -0.1) is 0 Å². The van der Waals surface area contributed by atoms with E-state index in [1.165, 1.54) is 24.8 Å². The minimum Gasteiger partial charge on any atom is -0.323 e. The van der Waals surface area contributed by atoms with E-state index < -0.39 is 0 Å². The highest BCUT2D eigenvalue weighted by Crippen LogP contribution is 2.45. The van der Waals surface area contributed by atoms with Gasteiger partial charge in [-0.05, 0) is 37.5 Å². The van der Waals surface area contributed by atoms with Crippen LogP contribution in [0, 0.1) is 6.92 Å². The summed E-state index contributed by atoms with van der Waals surface area (Å²) in [7, 11) is 0. The number of amides is 1. The number of aromatic nitrogens is 2. The summed E-state index contributed by atoms with van der Waals surface area (Å²) < 4.78 is 0. The first-order chi connectivity index (χ1) is 14.1. The molecule has 1 aromatic heterocycles. The van der Waals surface area contributed by atoms with Gasteiger partial charge in [0.2, 0.25) is 0 Å². The van der Waals surface area contributed by atoms with E-state index in [9.17, 15) is 4.79 Å². The standard InChI is InChI=1S/C24H24ClN3O/c1-15-7-9-17(10-8-15)23-20-21(16-11-13-18(25)14-12-16)26-27-22(20)24(29)28(23)19-5-3-2-4-6-19/h7-14,19,23H,2-6H2,1H3,(H,26,27). The molecule has 3 aromatic rings. The molecule has 0 bridgehead atoms. The van der Waals surface area contributed by atoms with Gasteiger partial charge in [0.15, 0.2) is 0 Å². The van der Waals surface area contributed by atoms with Crippen molar-refractivity contribution in [1.29, 1.82) is 0 Å². The number of hydrogen-bond acceptors (Lipinski definition) is 2. The smallest absolute Gasteiger partial charge is 0.273 e. The van der Waals surface area contributed by atoms with E-state index in [2.05, 4.69) is 46.3 Å². The summed E-state index contributed by atoms with van der Waals surface area (Å²) in [5, 5.41) is 8.29. The molecular weight excluding hydrogens is 382 g/mol. The number of benzene rings is 2. The van der Waals surface area contributed by atoms with Crippen molar-refractivity contribution < 1.29 is 4.79 Å². The maximum absolute atomic E-state index is 13.5. The van der Waals surface area contributed by atoms with Gasteiger partial charge in [0.1, 0.15) is 5.69 Å². The Morgan fingerprint density at radius 3 is 2.38 bits per heavy atom. The molecule has 2 aromatic carbocycles. The fraction of sp³-hybridized carbons (Fsp3) is 0.333. The number of fused-ring (bicyclic) bond motifs is 1. The Morgan fingerprint density at radius 1 is 1.00 bits per heavy atom. The van der Waals surface area contributed by atoms with Crippen molar-refractivity contribution in [3.8, 4) is 11.3 Å². The topological polar surface area (TPSA) is 49.0 Å². The summed E-state index contributed by atoms with van der Waals surface area (Å²) >= 11 is 6.09. The Kier molecular flexibility index (Phi) is 4.67. The highest BCUT2D eigenvalue weighted by molar-refractivity contribution is 6.30. The van der Waals surface area contributed by atoms with Crippen molar-refractivity contribution in [2.75, 3.05) is 0 Å². The van der Waals surface area contributed by atoms with Crippen LogP contribution in [0.1, 0.15) is 65.3 Å². The van der Waals surface area contributed by atoms with Crippen LogP contribution in [0.3, 0.4) is 0 Å². The summed E-state index contributed by atoms with van der Waals surface area (Å²) in [5.41, 5.74) is 5.80. The van der Waals surface area contributed by atoms with Crippen LogP contribution >= 0.6 is 11.6 Å². The molecule has 0 radical (unpaired) electrons. The molecular formula is C24H24ClN3O. The van der Waals surface area contributed by atoms with Gasteiger partial charge in [0.05, 0.1) is 11.7 Å². The van der Waals surface area contributed by atoms with E-state index in [0.717, 1.165) is 35.2 Å². The Hall–Kier alpha value is -2.59. The van der Waals surface area contributed by atoms with Crippen molar-refractivity contribution in [2.24, 2.45) is 0 Å². The molecule has 1 aliphatic carbocycles. The predicted molar refractivity (Wildman–Crippen MR) is 115 cm³/mol. The van der Waals surface area contributed by atoms with Crippen LogP contribution in [0.25, 0.3) is 11.3 Å². The molecule has 4 nitrogen and oxygen atoms in total. The lowest BCUT2D eigenvalue weighted by atomic mass is 9.90. The minimum atomic E-state index is -0.106. The quantitative estimate of drug-likeness (QED) is 0.588. The van der Waals surface area contributed by atoms with Crippen LogP contribution in [0.4, 0.5) is 0 Å². The lowest BCUT2D eigenvalue weighted by Gasteiger charge is -2.36. The van der Waals surface area contributed by atoms with E-state index in [0.29, 0.717) is 10.7 Å². The number of aromatic amines is 1. The normalized spacial score (nSPS) is 19.6. The maximum atomic E-state index is 13.5. The summed E-state index contributed by atoms with van der Waals surface area (Å²) in [5.74, 6) is 0.0742. The molecule has 1 saturated carbocycles. The largest absolute Gasteiger partial charge is 0.323 e. The van der Waals surface area contributed by atoms with Crippen molar-refractivity contribution in [3.05, 3.63) is 75.9 Å². The van der Waals surface area contributed by atoms with Crippen LogP contribution in [-0.2, 0) is 0 Å². The summed E-state index contributed by atoms with van der Waals surface area (Å²) in [6.07, 6.45) is 5.78. The average molecular weight is 406 g/mol. The second-order valence-corrected chi connectivity index (χ2v) is 8.62. The summed E-state index contributed by atoms with van der Waals surface area (Å²) in [4.78, 5) is 15.6. The molecule has 2 aliphatic rings. The highest BCUT2D eigenvalue weighted by atomic mass is 35.5. The van der Waals surface area contributed by atoms with Crippen LogP contribution < -0.4 is 0 Å². The van der Waals surface area contributed by atoms with Gasteiger partial charge in [-0.3, -0.25) is 9.89 Å². The molecule has 1 atom stereocenters. The van der Waals surface area contributed by atoms with Gasteiger partial charge < -0.3 is 4.90 Å². The molecule has 5 heteroatoms. The monoisotopic (exact) mass is 405 g/mol. The van der Waals surface area contributed by atoms with Crippen molar-refractivity contribution in [1.82, 2.24) is 15.1 Å². The molecule has 1 aliphatic heterocycles. The first-order valence-corrected chi connectivity index (χ1v) is 10.7. The van der Waals surface area contributed by atoms with Gasteiger partial charge >= 0.3 is 0 Å². The number of nitrogens with one attached hydrogen (secondary N) is 1. The molecule has 1 amide bonds. The fourth-order valence-electron chi connectivity index (χ4n) is 4.81. The maximum Gasteiger partial charge on any atom is 0.273 e. The van der Waals surface area contributed by atoms with E-state index >= 15 is 0 Å². The Balaban J connectivity index is 1.65. The third-order valence-corrected chi connectivity index (χ3v) is 6.53. The number of nitrogens with zero attached hydrogens (tertiary/aromatic N) is 2. The molecule has 1 unspecified atom stereocenters. The second kappa shape index (κ2) is 7.34. The van der Waals surface area contributed by atoms with Crippen molar-refractivity contribution in [3.63, 3.8) is 0 Å². The number of rotatable bonds is 3. The summed E-state index contributed by atoms with van der Waals surface area (Å²) in [6.45, 7) is 2.09. The Morgan fingerprint density at radius 2 is 1.69 bits per heavy atom. The Labute approximate surface area is 175 Å². The van der Waals surface area contributed by atoms with Crippen LogP contribution in [-0.4, -0.2) is 27.0 Å². The number of halogens is 1. The highest BCUT2D eigenvalue weighted by Gasteiger charge is 2.45. The third-order valence-electron chi connectivity index (χ3n) is 6.28. The number of aryl methyl sites for hydroxylation is 1. The van der Waals surface area contributed by atoms with E-state index in [4.69, 9.17) is 11.6 Å². The van der Waals surface area contributed by atoms with Crippen molar-refractivity contribution in [2.45, 2.75) is 51.1 Å². The van der Waals surface area contributed by atoms with E-state index in [1.54, 1.807) is 0 Å². The van der Waals surface area contributed by atoms with Crippen LogP contribution in [0.2, 0.25) is 5.02 Å². The van der Waals surface area contributed by atoms with Gasteiger partial charge in [-0.25, -0.2) is 0 Å². The molecule has 0 spiro atoms. The third kappa shape index (κ3) is 3.16. The van der Waals surface area contributed by atoms with Crippen molar-refractivity contribution >= 4 is 17.5 Å². The van der Waals surface area contributed by atoms with Crippen LogP contribution in [0.5, 0.6) is 0 Å². The predicted octanol–water partition coefficient (Wildman–Crippen LogP) is 5.92. The number of H-pyrrole nitrogens is 1. The number of hydrogen-bond donors (Lipinski definition) is 1. The van der Waals surface area contributed by atoms with Crippen LogP contribution in [0.15, 0.2) is 48.5 Å². The molecule has 1 fully saturated rings. The summed E-state index contributed by atoms with van der Waals surface area (Å²) in [6, 6.07) is 16.4. The van der Waals surface area contributed by atoms with Gasteiger partial charge in [0, 0.05) is 22.2 Å². The minimum absolute atomic E-state index is 0.0742. The van der Waals surface area contributed by atoms with E-state index in [-0.39, 0.29) is 18.0 Å². The fourth-order valence-corrected chi connectivity index (χ4v) is 4.93. The molecule has 2 heterocycles. The van der Waals surface area contributed by atoms with E-state index in [1.807, 2.05) is 24.3 Å².